The Kier molecular flexibility index (Phi) is 3.60. The molecule has 0 saturated heterocycles. The second-order valence-electron chi connectivity index (χ2n) is 3.68. The largest absolute Gasteiger partial charge is 0.460 e. The summed E-state index contributed by atoms with van der Waals surface area (Å²) in [6, 6.07) is 5.19. The first-order valence-electron chi connectivity index (χ1n) is 5.64. The molecule has 104 valence electrons. The van der Waals surface area contributed by atoms with E-state index in [0.717, 1.165) is 4.68 Å². The van der Waals surface area contributed by atoms with Crippen LogP contribution in [0.25, 0.3) is 5.69 Å². The Bertz CT molecular complexity index is 700. The molecule has 9 nitrogen and oxygen atoms in total. The van der Waals surface area contributed by atoms with E-state index < -0.39 is 16.6 Å². The number of nitro benzene ring substituents is 1. The van der Waals surface area contributed by atoms with Crippen LogP contribution < -0.4 is 5.69 Å². The van der Waals surface area contributed by atoms with Crippen LogP contribution in [0.5, 0.6) is 0 Å². The van der Waals surface area contributed by atoms with E-state index in [1.54, 1.807) is 6.92 Å². The van der Waals surface area contributed by atoms with E-state index in [1.807, 2.05) is 0 Å². The van der Waals surface area contributed by atoms with Crippen LogP contribution >= 0.6 is 0 Å². The maximum atomic E-state index is 11.7. The normalized spacial score (nSPS) is 10.2. The first-order chi connectivity index (χ1) is 9.52. The van der Waals surface area contributed by atoms with Crippen molar-refractivity contribution < 1.29 is 14.5 Å². The van der Waals surface area contributed by atoms with Crippen LogP contribution in [0.4, 0.5) is 5.69 Å². The van der Waals surface area contributed by atoms with Gasteiger partial charge in [-0.3, -0.25) is 15.1 Å². The number of benzene rings is 1. The zero-order valence-electron chi connectivity index (χ0n) is 10.4. The van der Waals surface area contributed by atoms with E-state index in [4.69, 9.17) is 4.74 Å². The number of rotatable bonds is 4. The van der Waals surface area contributed by atoms with Crippen molar-refractivity contribution in [2.24, 2.45) is 0 Å². The predicted molar refractivity (Wildman–Crippen MR) is 66.8 cm³/mol. The van der Waals surface area contributed by atoms with Crippen molar-refractivity contribution in [2.45, 2.75) is 6.92 Å². The molecule has 9 heteroatoms. The number of nitro groups is 1. The molecule has 1 N–H and O–H groups in total. The van der Waals surface area contributed by atoms with Gasteiger partial charge in [-0.25, -0.2) is 9.59 Å². The van der Waals surface area contributed by atoms with Crippen molar-refractivity contribution in [3.63, 3.8) is 0 Å². The van der Waals surface area contributed by atoms with Gasteiger partial charge in [0.1, 0.15) is 0 Å². The Labute approximate surface area is 111 Å². The number of non-ortho nitro benzene ring substituents is 1. The van der Waals surface area contributed by atoms with Gasteiger partial charge >= 0.3 is 11.7 Å². The van der Waals surface area contributed by atoms with Gasteiger partial charge in [-0.1, -0.05) is 0 Å². The predicted octanol–water partition coefficient (Wildman–Crippen LogP) is 0.645. The molecule has 0 aliphatic carbocycles. The third kappa shape index (κ3) is 2.55. The first-order valence-corrected chi connectivity index (χ1v) is 5.64. The van der Waals surface area contributed by atoms with Crippen LogP contribution in [0.3, 0.4) is 0 Å². The summed E-state index contributed by atoms with van der Waals surface area (Å²) in [5.74, 6) is -0.972. The van der Waals surface area contributed by atoms with Gasteiger partial charge in [-0.2, -0.15) is 4.68 Å². The summed E-state index contributed by atoms with van der Waals surface area (Å²) in [6.07, 6.45) is 0. The smallest absolute Gasteiger partial charge is 0.376 e. The van der Waals surface area contributed by atoms with Crippen molar-refractivity contribution >= 4 is 11.7 Å². The van der Waals surface area contributed by atoms with E-state index in [1.165, 1.54) is 24.3 Å². The minimum Gasteiger partial charge on any atom is -0.460 e. The van der Waals surface area contributed by atoms with E-state index >= 15 is 0 Å². The number of aromatic nitrogens is 3. The molecule has 2 rings (SSSR count). The summed E-state index contributed by atoms with van der Waals surface area (Å²) in [4.78, 5) is 35.3. The topological polar surface area (TPSA) is 120 Å². The average molecular weight is 278 g/mol. The van der Waals surface area contributed by atoms with Crippen molar-refractivity contribution in [3.05, 3.63) is 50.7 Å². The van der Waals surface area contributed by atoms with Gasteiger partial charge in [-0.05, 0) is 19.1 Å². The fourth-order valence-electron chi connectivity index (χ4n) is 1.51. The van der Waals surface area contributed by atoms with Gasteiger partial charge in [0.2, 0.25) is 5.82 Å². The SMILES string of the molecule is CCOC(=O)c1nn(-c2ccc([N+](=O)[O-])cc2)c(=O)[nH]1. The lowest BCUT2D eigenvalue weighted by Crippen LogP contribution is -2.15. The van der Waals surface area contributed by atoms with Gasteiger partial charge in [0.05, 0.1) is 17.2 Å². The zero-order chi connectivity index (χ0) is 14.7. The third-order valence-corrected chi connectivity index (χ3v) is 2.39. The number of carbonyl (C=O) groups excluding carboxylic acids is 1. The number of H-pyrrole nitrogens is 1. The maximum absolute atomic E-state index is 11.7. The molecule has 0 spiro atoms. The van der Waals surface area contributed by atoms with Crippen LogP contribution in [-0.2, 0) is 4.74 Å². The molecule has 1 aromatic carbocycles. The van der Waals surface area contributed by atoms with Crippen LogP contribution in [0.15, 0.2) is 29.1 Å². The fraction of sp³-hybridized carbons (Fsp3) is 0.182. The van der Waals surface area contributed by atoms with Gasteiger partial charge in [0.25, 0.3) is 5.69 Å². The summed E-state index contributed by atoms with van der Waals surface area (Å²) in [5, 5.41) is 14.3. The van der Waals surface area contributed by atoms with Gasteiger partial charge in [0.15, 0.2) is 0 Å². The molecular formula is C11H10N4O5. The lowest BCUT2D eigenvalue weighted by Gasteiger charge is -1.98. The molecule has 0 aliphatic rings. The highest BCUT2D eigenvalue weighted by Gasteiger charge is 2.15. The van der Waals surface area contributed by atoms with E-state index in [-0.39, 0.29) is 18.1 Å². The van der Waals surface area contributed by atoms with Crippen molar-refractivity contribution in [1.82, 2.24) is 14.8 Å². The monoisotopic (exact) mass is 278 g/mol. The van der Waals surface area contributed by atoms with Crippen LogP contribution in [0, 0.1) is 10.1 Å². The lowest BCUT2D eigenvalue weighted by atomic mass is 10.3. The number of hydrogen-bond acceptors (Lipinski definition) is 6. The number of nitrogens with zero attached hydrogens (tertiary/aromatic N) is 3. The number of hydrogen-bond donors (Lipinski definition) is 1. The van der Waals surface area contributed by atoms with Crippen LogP contribution in [0.2, 0.25) is 0 Å². The third-order valence-electron chi connectivity index (χ3n) is 2.39. The Morgan fingerprint density at radius 3 is 2.65 bits per heavy atom. The quantitative estimate of drug-likeness (QED) is 0.498. The minimum atomic E-state index is -0.745. The van der Waals surface area contributed by atoms with Crippen molar-refractivity contribution in [1.29, 1.82) is 0 Å². The van der Waals surface area contributed by atoms with E-state index in [9.17, 15) is 19.7 Å². The second-order valence-corrected chi connectivity index (χ2v) is 3.68. The summed E-state index contributed by atoms with van der Waals surface area (Å²) >= 11 is 0. The summed E-state index contributed by atoms with van der Waals surface area (Å²) in [5.41, 5.74) is -0.447. The highest BCUT2D eigenvalue weighted by atomic mass is 16.6. The summed E-state index contributed by atoms with van der Waals surface area (Å²) in [6.45, 7) is 1.79. The Hall–Kier alpha value is -2.97. The zero-order valence-corrected chi connectivity index (χ0v) is 10.4. The van der Waals surface area contributed by atoms with E-state index in [0.29, 0.717) is 5.69 Å². The maximum Gasteiger partial charge on any atom is 0.376 e. The molecule has 0 fully saturated rings. The molecule has 0 atom stereocenters. The molecule has 0 aliphatic heterocycles. The molecule has 2 aromatic rings. The Balaban J connectivity index is 2.36. The van der Waals surface area contributed by atoms with Crippen LogP contribution in [0.1, 0.15) is 17.5 Å². The lowest BCUT2D eigenvalue weighted by molar-refractivity contribution is -0.384. The molecule has 1 aromatic heterocycles. The standard InChI is InChI=1S/C11H10N4O5/c1-2-20-10(16)9-12-11(17)14(13-9)7-3-5-8(6-4-7)15(18)19/h3-6H,2H2,1H3,(H,12,13,17). The molecule has 0 amide bonds. The van der Waals surface area contributed by atoms with Gasteiger partial charge < -0.3 is 4.74 Å². The minimum absolute atomic E-state index is 0.108. The number of ether oxygens (including phenoxy) is 1. The van der Waals surface area contributed by atoms with Crippen molar-refractivity contribution in [3.8, 4) is 5.69 Å². The Morgan fingerprint density at radius 1 is 1.45 bits per heavy atom. The number of carbonyl (C=O) groups is 1. The fourth-order valence-corrected chi connectivity index (χ4v) is 1.51. The number of aromatic amines is 1. The number of nitrogens with one attached hydrogen (secondary N) is 1. The first kappa shape index (κ1) is 13.5. The van der Waals surface area contributed by atoms with Gasteiger partial charge in [0, 0.05) is 12.1 Å². The van der Waals surface area contributed by atoms with Crippen molar-refractivity contribution in [2.75, 3.05) is 6.61 Å². The van der Waals surface area contributed by atoms with Crippen LogP contribution in [-0.4, -0.2) is 32.3 Å². The van der Waals surface area contributed by atoms with E-state index in [2.05, 4.69) is 10.1 Å². The molecular weight excluding hydrogens is 268 g/mol. The second kappa shape index (κ2) is 5.34. The Morgan fingerprint density at radius 2 is 2.10 bits per heavy atom. The molecule has 0 radical (unpaired) electrons. The molecule has 0 bridgehead atoms. The molecule has 1 heterocycles. The molecule has 0 saturated carbocycles. The average Bonchev–Trinajstić information content (AvgIpc) is 2.81. The highest BCUT2D eigenvalue weighted by molar-refractivity contribution is 5.84. The number of esters is 1. The summed E-state index contributed by atoms with van der Waals surface area (Å²) in [7, 11) is 0. The highest BCUT2D eigenvalue weighted by Crippen LogP contribution is 2.13. The molecule has 20 heavy (non-hydrogen) atoms. The van der Waals surface area contributed by atoms with Gasteiger partial charge in [-0.15, -0.1) is 5.10 Å². The summed E-state index contributed by atoms with van der Waals surface area (Å²) < 4.78 is 5.64. The molecule has 0 unspecified atom stereocenters.